The molecule has 0 spiro atoms. The molecule has 2 atom stereocenters. The molecule has 1 saturated carbocycles. The summed E-state index contributed by atoms with van der Waals surface area (Å²) in [4.78, 5) is 38.6. The lowest BCUT2D eigenvalue weighted by Crippen LogP contribution is -2.50. The summed E-state index contributed by atoms with van der Waals surface area (Å²) < 4.78 is 45.1. The average Bonchev–Trinajstić information content (AvgIpc) is 3.51. The van der Waals surface area contributed by atoms with Gasteiger partial charge in [0.25, 0.3) is 17.4 Å². The number of aromatic nitrogens is 6. The smallest absolute Gasteiger partial charge is 0.270 e. The zero-order valence-electron chi connectivity index (χ0n) is 21.4. The first-order valence-corrected chi connectivity index (χ1v) is 12.8. The Hall–Kier alpha value is -3.68. The van der Waals surface area contributed by atoms with Crippen LogP contribution in [0.15, 0.2) is 29.3 Å². The van der Waals surface area contributed by atoms with Gasteiger partial charge >= 0.3 is 0 Å². The van der Waals surface area contributed by atoms with E-state index in [-0.39, 0.29) is 41.0 Å². The number of aromatic amines is 1. The molecule has 1 aliphatic rings. The Balaban J connectivity index is 1.57. The minimum atomic E-state index is -2.85. The van der Waals surface area contributed by atoms with E-state index < -0.39 is 60.1 Å². The third-order valence-electron chi connectivity index (χ3n) is 6.79. The van der Waals surface area contributed by atoms with E-state index in [4.69, 9.17) is 11.6 Å². The molecule has 1 fully saturated rings. The molecule has 15 heteroatoms. The van der Waals surface area contributed by atoms with Crippen LogP contribution in [0.1, 0.15) is 74.6 Å². The van der Waals surface area contributed by atoms with Crippen LogP contribution < -0.4 is 16.2 Å². The highest BCUT2D eigenvalue weighted by molar-refractivity contribution is 6.29. The Morgan fingerprint density at radius 3 is 2.59 bits per heavy atom. The van der Waals surface area contributed by atoms with Crippen molar-refractivity contribution in [1.82, 2.24) is 35.1 Å². The number of nitrogens with one attached hydrogen (secondary N) is 3. The molecule has 3 aromatic rings. The van der Waals surface area contributed by atoms with E-state index in [1.165, 1.54) is 29.2 Å². The lowest BCUT2D eigenvalue weighted by atomic mass is 9.81. The molecule has 3 heterocycles. The lowest BCUT2D eigenvalue weighted by Gasteiger charge is -2.33. The molecule has 1 aliphatic carbocycles. The van der Waals surface area contributed by atoms with Crippen LogP contribution in [0, 0.1) is 11.9 Å². The van der Waals surface area contributed by atoms with Crippen LogP contribution in [0.25, 0.3) is 0 Å². The predicted octanol–water partition coefficient (Wildman–Crippen LogP) is 3.71. The van der Waals surface area contributed by atoms with E-state index in [0.29, 0.717) is 0 Å². The first kappa shape index (κ1) is 28.3. The second kappa shape index (κ2) is 11.2. The number of rotatable bonds is 8. The van der Waals surface area contributed by atoms with Crippen molar-refractivity contribution in [3.8, 4) is 0 Å². The third-order valence-corrected chi connectivity index (χ3v) is 6.98. The number of H-pyrrole nitrogens is 1. The van der Waals surface area contributed by atoms with Gasteiger partial charge in [0.1, 0.15) is 22.6 Å². The normalized spacial score (nSPS) is 17.1. The Morgan fingerprint density at radius 1 is 1.23 bits per heavy atom. The maximum Gasteiger partial charge on any atom is 0.270 e. The van der Waals surface area contributed by atoms with E-state index in [9.17, 15) is 27.6 Å². The quantitative estimate of drug-likeness (QED) is 0.378. The Kier molecular flexibility index (Phi) is 8.14. The molecule has 0 aromatic carbocycles. The van der Waals surface area contributed by atoms with E-state index in [1.54, 1.807) is 6.92 Å². The highest BCUT2D eigenvalue weighted by atomic mass is 35.5. The number of carbonyl (C=O) groups is 2. The van der Waals surface area contributed by atoms with Crippen LogP contribution in [-0.4, -0.2) is 53.5 Å². The summed E-state index contributed by atoms with van der Waals surface area (Å²) in [5, 5.41) is 18.8. The minimum absolute atomic E-state index is 0.0147. The second-order valence-electron chi connectivity index (χ2n) is 9.85. The molecule has 0 bridgehead atoms. The van der Waals surface area contributed by atoms with Crippen molar-refractivity contribution in [3.63, 3.8) is 0 Å². The lowest BCUT2D eigenvalue weighted by molar-refractivity contribution is -0.121. The Labute approximate surface area is 226 Å². The molecule has 0 unspecified atom stereocenters. The number of anilines is 1. The molecule has 3 aromatic heterocycles. The van der Waals surface area contributed by atoms with Gasteiger partial charge in [0, 0.05) is 30.6 Å². The van der Waals surface area contributed by atoms with Gasteiger partial charge in [-0.1, -0.05) is 11.6 Å². The summed E-state index contributed by atoms with van der Waals surface area (Å²) in [6.45, 7) is 5.22. The van der Waals surface area contributed by atoms with Gasteiger partial charge in [-0.3, -0.25) is 23.7 Å². The highest BCUT2D eigenvalue weighted by Gasteiger charge is 2.41. The fourth-order valence-corrected chi connectivity index (χ4v) is 4.78. The van der Waals surface area contributed by atoms with Crippen molar-refractivity contribution in [3.05, 3.63) is 57.2 Å². The molecule has 210 valence electrons. The summed E-state index contributed by atoms with van der Waals surface area (Å²) in [5.41, 5.74) is -0.509. The first-order chi connectivity index (χ1) is 18.4. The molecular weight excluding hydrogens is 541 g/mol. The van der Waals surface area contributed by atoms with Gasteiger partial charge in [-0.25, -0.2) is 13.9 Å². The number of hydrogen-bond acceptors (Lipinski definition) is 6. The minimum Gasteiger partial charge on any atom is -0.339 e. The van der Waals surface area contributed by atoms with Crippen LogP contribution in [0.5, 0.6) is 0 Å². The number of halogens is 4. The predicted molar refractivity (Wildman–Crippen MR) is 135 cm³/mol. The van der Waals surface area contributed by atoms with Gasteiger partial charge in [-0.05, 0) is 51.7 Å². The van der Waals surface area contributed by atoms with Crippen molar-refractivity contribution in [1.29, 1.82) is 0 Å². The molecular formula is C24H28ClF3N8O3. The van der Waals surface area contributed by atoms with Crippen molar-refractivity contribution in [2.24, 2.45) is 5.92 Å². The monoisotopic (exact) mass is 568 g/mol. The molecule has 0 aliphatic heterocycles. The van der Waals surface area contributed by atoms with Crippen LogP contribution in [-0.2, 0) is 4.79 Å². The SMILES string of the molecule is CC(C)n1nccc1C(=O)N[C@H](C(=O)Nc1cn([C@@H](C)c2cc(Cl)n[nH]c2=O)nc1F)C1CCC(F)(F)CC1. The number of hydrogen-bond donors (Lipinski definition) is 3. The van der Waals surface area contributed by atoms with E-state index in [2.05, 4.69) is 31.0 Å². The van der Waals surface area contributed by atoms with Crippen LogP contribution in [0.4, 0.5) is 18.9 Å². The Morgan fingerprint density at radius 2 is 1.92 bits per heavy atom. The summed E-state index contributed by atoms with van der Waals surface area (Å²) in [5.74, 6) is -5.90. The third kappa shape index (κ3) is 6.32. The molecule has 11 nitrogen and oxygen atoms in total. The topological polar surface area (TPSA) is 140 Å². The first-order valence-electron chi connectivity index (χ1n) is 12.4. The van der Waals surface area contributed by atoms with Gasteiger partial charge in [0.15, 0.2) is 0 Å². The van der Waals surface area contributed by atoms with Crippen LogP contribution in [0.3, 0.4) is 0 Å². The number of carbonyl (C=O) groups excluding carboxylic acids is 2. The van der Waals surface area contributed by atoms with Crippen LogP contribution >= 0.6 is 11.6 Å². The summed E-state index contributed by atoms with van der Waals surface area (Å²) >= 11 is 5.86. The maximum atomic E-state index is 14.8. The van der Waals surface area contributed by atoms with Crippen LogP contribution in [0.2, 0.25) is 5.15 Å². The summed E-state index contributed by atoms with van der Waals surface area (Å²) in [6.07, 6.45) is 1.73. The van der Waals surface area contributed by atoms with Gasteiger partial charge in [-0.2, -0.15) is 14.6 Å². The fraction of sp³-hybridized carbons (Fsp3) is 0.500. The van der Waals surface area contributed by atoms with Crippen molar-refractivity contribution >= 4 is 29.1 Å². The molecule has 0 saturated heterocycles. The van der Waals surface area contributed by atoms with Crippen molar-refractivity contribution < 1.29 is 22.8 Å². The zero-order chi connectivity index (χ0) is 28.5. The zero-order valence-corrected chi connectivity index (χ0v) is 22.2. The van der Waals surface area contributed by atoms with Crippen molar-refractivity contribution in [2.75, 3.05) is 5.32 Å². The van der Waals surface area contributed by atoms with Crippen molar-refractivity contribution in [2.45, 2.75) is 70.5 Å². The molecule has 3 N–H and O–H groups in total. The molecule has 0 radical (unpaired) electrons. The van der Waals surface area contributed by atoms with E-state index >= 15 is 0 Å². The largest absolute Gasteiger partial charge is 0.339 e. The highest BCUT2D eigenvalue weighted by Crippen LogP contribution is 2.38. The number of alkyl halides is 2. The van der Waals surface area contributed by atoms with Gasteiger partial charge in [-0.15, -0.1) is 5.10 Å². The summed E-state index contributed by atoms with van der Waals surface area (Å²) in [7, 11) is 0. The second-order valence-corrected chi connectivity index (χ2v) is 10.2. The number of nitrogens with zero attached hydrogens (tertiary/aromatic N) is 5. The maximum absolute atomic E-state index is 14.8. The van der Waals surface area contributed by atoms with Gasteiger partial charge < -0.3 is 10.6 Å². The summed E-state index contributed by atoms with van der Waals surface area (Å²) in [6, 6.07) is 0.644. The standard InChI is InChI=1S/C24H28ClF3N8O3/c1-12(2)36-17(6-9-29-36)22(38)31-19(14-4-7-24(27,28)8-5-14)23(39)30-16-11-35(34-20(16)26)13(3)15-10-18(25)32-33-21(15)37/h6,9-14,19H,4-5,7-8H2,1-3H3,(H,30,39)(H,31,38)(H,33,37)/t13-,19-/m0/s1. The molecule has 4 rings (SSSR count). The van der Waals surface area contributed by atoms with E-state index in [0.717, 1.165) is 4.68 Å². The number of amides is 2. The average molecular weight is 569 g/mol. The fourth-order valence-electron chi connectivity index (χ4n) is 4.62. The molecule has 39 heavy (non-hydrogen) atoms. The Bertz CT molecular complexity index is 1410. The molecule has 2 amide bonds. The van der Waals surface area contributed by atoms with Gasteiger partial charge in [0.2, 0.25) is 11.8 Å². The van der Waals surface area contributed by atoms with E-state index in [1.807, 2.05) is 13.8 Å². The van der Waals surface area contributed by atoms with Gasteiger partial charge in [0.05, 0.1) is 12.2 Å².